The second-order valence-corrected chi connectivity index (χ2v) is 6.19. The van der Waals surface area contributed by atoms with Crippen LogP contribution in [0.4, 0.5) is 4.39 Å². The van der Waals surface area contributed by atoms with Crippen molar-refractivity contribution >= 4 is 5.91 Å². The van der Waals surface area contributed by atoms with Crippen LogP contribution >= 0.6 is 0 Å². The van der Waals surface area contributed by atoms with Crippen molar-refractivity contribution in [1.82, 2.24) is 10.2 Å². The molecule has 0 aliphatic carbocycles. The molecule has 1 aromatic carbocycles. The van der Waals surface area contributed by atoms with Crippen molar-refractivity contribution in [1.29, 1.82) is 0 Å². The van der Waals surface area contributed by atoms with Gasteiger partial charge in [-0.15, -0.1) is 0 Å². The van der Waals surface area contributed by atoms with Crippen LogP contribution in [0.15, 0.2) is 24.3 Å². The van der Waals surface area contributed by atoms with Gasteiger partial charge in [0.05, 0.1) is 0 Å². The van der Waals surface area contributed by atoms with Crippen molar-refractivity contribution in [2.45, 2.75) is 38.1 Å². The van der Waals surface area contributed by atoms with Gasteiger partial charge < -0.3 is 10.2 Å². The van der Waals surface area contributed by atoms with Crippen LogP contribution < -0.4 is 5.32 Å². The fourth-order valence-electron chi connectivity index (χ4n) is 3.58. The van der Waals surface area contributed by atoms with Gasteiger partial charge in [0.15, 0.2) is 0 Å². The molecule has 1 amide bonds. The third-order valence-electron chi connectivity index (χ3n) is 4.71. The number of piperidine rings is 1. The molecule has 21 heavy (non-hydrogen) atoms. The Morgan fingerprint density at radius 1 is 1.29 bits per heavy atom. The summed E-state index contributed by atoms with van der Waals surface area (Å²) in [5, 5.41) is 3.31. The van der Waals surface area contributed by atoms with E-state index < -0.39 is 0 Å². The van der Waals surface area contributed by atoms with Gasteiger partial charge in [-0.3, -0.25) is 4.79 Å². The van der Waals surface area contributed by atoms with E-state index >= 15 is 0 Å². The average Bonchev–Trinajstić information content (AvgIpc) is 2.95. The predicted octanol–water partition coefficient (Wildman–Crippen LogP) is 2.36. The lowest BCUT2D eigenvalue weighted by Crippen LogP contribution is -2.43. The van der Waals surface area contributed by atoms with Crippen LogP contribution in [0, 0.1) is 11.7 Å². The summed E-state index contributed by atoms with van der Waals surface area (Å²) in [7, 11) is 0. The molecular formula is C17H23FN2O. The minimum absolute atomic E-state index is 0.180. The highest BCUT2D eigenvalue weighted by atomic mass is 19.1. The van der Waals surface area contributed by atoms with Crippen LogP contribution in [-0.2, 0) is 11.2 Å². The van der Waals surface area contributed by atoms with Crippen LogP contribution in [-0.4, -0.2) is 36.5 Å². The Kier molecular flexibility index (Phi) is 4.54. The Morgan fingerprint density at radius 2 is 2.10 bits per heavy atom. The molecule has 3 rings (SSSR count). The Morgan fingerprint density at radius 3 is 2.86 bits per heavy atom. The van der Waals surface area contributed by atoms with Gasteiger partial charge in [-0.05, 0) is 62.9 Å². The van der Waals surface area contributed by atoms with Gasteiger partial charge in [0.2, 0.25) is 5.91 Å². The molecule has 2 aliphatic heterocycles. The molecule has 3 nitrogen and oxygen atoms in total. The Bertz CT molecular complexity index is 499. The summed E-state index contributed by atoms with van der Waals surface area (Å²) in [5.74, 6) is 0.302. The molecule has 4 heteroatoms. The zero-order valence-electron chi connectivity index (χ0n) is 12.4. The van der Waals surface area contributed by atoms with Crippen LogP contribution in [0.1, 0.15) is 31.2 Å². The number of carbonyl (C=O) groups is 1. The highest BCUT2D eigenvalue weighted by molar-refractivity contribution is 5.79. The van der Waals surface area contributed by atoms with Gasteiger partial charge in [-0.2, -0.15) is 0 Å². The van der Waals surface area contributed by atoms with E-state index in [1.807, 2.05) is 6.07 Å². The molecule has 0 saturated carbocycles. The maximum Gasteiger partial charge on any atom is 0.226 e. The molecule has 114 valence electrons. The Hall–Kier alpha value is -1.42. The molecule has 1 atom stereocenters. The molecule has 0 spiro atoms. The van der Waals surface area contributed by atoms with Crippen molar-refractivity contribution in [3.05, 3.63) is 35.6 Å². The quantitative estimate of drug-likeness (QED) is 0.927. The summed E-state index contributed by atoms with van der Waals surface area (Å²) in [6.07, 6.45) is 4.77. The van der Waals surface area contributed by atoms with Crippen molar-refractivity contribution in [3.8, 4) is 0 Å². The predicted molar refractivity (Wildman–Crippen MR) is 80.4 cm³/mol. The van der Waals surface area contributed by atoms with Gasteiger partial charge in [-0.1, -0.05) is 12.1 Å². The number of nitrogens with zero attached hydrogens (tertiary/aromatic N) is 1. The van der Waals surface area contributed by atoms with Crippen molar-refractivity contribution in [2.75, 3.05) is 19.6 Å². The summed E-state index contributed by atoms with van der Waals surface area (Å²) in [6.45, 7) is 2.75. The van der Waals surface area contributed by atoms with Gasteiger partial charge in [0, 0.05) is 18.5 Å². The van der Waals surface area contributed by atoms with Crippen molar-refractivity contribution in [3.63, 3.8) is 0 Å². The van der Waals surface area contributed by atoms with Crippen LogP contribution in [0.5, 0.6) is 0 Å². The zero-order valence-corrected chi connectivity index (χ0v) is 12.4. The first-order chi connectivity index (χ1) is 10.2. The summed E-state index contributed by atoms with van der Waals surface area (Å²) >= 11 is 0. The normalized spacial score (nSPS) is 23.5. The first kappa shape index (κ1) is 14.5. The van der Waals surface area contributed by atoms with E-state index in [0.717, 1.165) is 57.3 Å². The second kappa shape index (κ2) is 6.56. The lowest BCUT2D eigenvalue weighted by atomic mass is 9.95. The van der Waals surface area contributed by atoms with E-state index in [1.54, 1.807) is 12.1 Å². The van der Waals surface area contributed by atoms with Crippen LogP contribution in [0.25, 0.3) is 0 Å². The average molecular weight is 290 g/mol. The number of likely N-dealkylation sites (tertiary alicyclic amines) is 1. The van der Waals surface area contributed by atoms with Gasteiger partial charge in [0.25, 0.3) is 0 Å². The summed E-state index contributed by atoms with van der Waals surface area (Å²) < 4.78 is 13.3. The summed E-state index contributed by atoms with van der Waals surface area (Å²) in [6, 6.07) is 7.00. The number of amides is 1. The molecule has 0 aromatic heterocycles. The molecule has 2 fully saturated rings. The zero-order chi connectivity index (χ0) is 14.7. The molecule has 1 N–H and O–H groups in total. The number of hydrogen-bond acceptors (Lipinski definition) is 2. The molecular weight excluding hydrogens is 267 g/mol. The monoisotopic (exact) mass is 290 g/mol. The van der Waals surface area contributed by atoms with E-state index in [4.69, 9.17) is 0 Å². The smallest absolute Gasteiger partial charge is 0.226 e. The fraction of sp³-hybridized carbons (Fsp3) is 0.588. The first-order valence-corrected chi connectivity index (χ1v) is 7.99. The molecule has 2 aliphatic rings. The number of nitrogens with one attached hydrogen (secondary N) is 1. The third-order valence-corrected chi connectivity index (χ3v) is 4.71. The standard InChI is InChI=1S/C17H23FN2O/c18-15-4-1-3-13(11-15)12-16-5-2-10-20(16)17(21)14-6-8-19-9-7-14/h1,3-4,11,14,16,19H,2,5-10,12H2. The molecule has 0 radical (unpaired) electrons. The Balaban J connectivity index is 1.66. The van der Waals surface area contributed by atoms with Crippen LogP contribution in [0.3, 0.4) is 0 Å². The lowest BCUT2D eigenvalue weighted by molar-refractivity contribution is -0.137. The lowest BCUT2D eigenvalue weighted by Gasteiger charge is -2.31. The van der Waals surface area contributed by atoms with Gasteiger partial charge in [0.1, 0.15) is 5.82 Å². The number of hydrogen-bond donors (Lipinski definition) is 1. The van der Waals surface area contributed by atoms with E-state index in [1.165, 1.54) is 6.07 Å². The van der Waals surface area contributed by atoms with Crippen molar-refractivity contribution in [2.24, 2.45) is 5.92 Å². The Labute approximate surface area is 125 Å². The molecule has 1 unspecified atom stereocenters. The third kappa shape index (κ3) is 3.43. The molecule has 2 heterocycles. The summed E-state index contributed by atoms with van der Waals surface area (Å²) in [4.78, 5) is 14.7. The molecule has 0 bridgehead atoms. The SMILES string of the molecule is O=C(C1CCNCC1)N1CCCC1Cc1cccc(F)c1. The van der Waals surface area contributed by atoms with E-state index in [2.05, 4.69) is 10.2 Å². The summed E-state index contributed by atoms with van der Waals surface area (Å²) in [5.41, 5.74) is 0.991. The van der Waals surface area contributed by atoms with Gasteiger partial charge >= 0.3 is 0 Å². The van der Waals surface area contributed by atoms with E-state index in [9.17, 15) is 9.18 Å². The number of rotatable bonds is 3. The molecule has 2 saturated heterocycles. The number of halogens is 1. The number of carbonyl (C=O) groups excluding carboxylic acids is 1. The maximum atomic E-state index is 13.3. The van der Waals surface area contributed by atoms with E-state index in [-0.39, 0.29) is 17.8 Å². The minimum atomic E-state index is -0.193. The van der Waals surface area contributed by atoms with Crippen molar-refractivity contribution < 1.29 is 9.18 Å². The highest BCUT2D eigenvalue weighted by Gasteiger charge is 2.33. The van der Waals surface area contributed by atoms with Crippen LogP contribution in [0.2, 0.25) is 0 Å². The van der Waals surface area contributed by atoms with Gasteiger partial charge in [-0.25, -0.2) is 4.39 Å². The fourth-order valence-corrected chi connectivity index (χ4v) is 3.58. The minimum Gasteiger partial charge on any atom is -0.339 e. The molecule has 1 aromatic rings. The highest BCUT2D eigenvalue weighted by Crippen LogP contribution is 2.26. The topological polar surface area (TPSA) is 32.3 Å². The second-order valence-electron chi connectivity index (χ2n) is 6.19. The van der Waals surface area contributed by atoms with E-state index in [0.29, 0.717) is 5.91 Å². The first-order valence-electron chi connectivity index (χ1n) is 7.99. The largest absolute Gasteiger partial charge is 0.339 e. The maximum absolute atomic E-state index is 13.3. The number of benzene rings is 1.